The van der Waals surface area contributed by atoms with Gasteiger partial charge < -0.3 is 4.74 Å². The van der Waals surface area contributed by atoms with E-state index in [4.69, 9.17) is 4.74 Å². The Bertz CT molecular complexity index is 123. The fraction of sp³-hybridized carbons (Fsp3) is 0.625. The van der Waals surface area contributed by atoms with Crippen LogP contribution in [0.2, 0.25) is 0 Å². The third kappa shape index (κ3) is 4.27. The van der Waals surface area contributed by atoms with Gasteiger partial charge in [0.2, 0.25) is 0 Å². The average Bonchev–Trinajstić information content (AvgIpc) is 1.90. The Morgan fingerprint density at radius 1 is 1.70 bits per heavy atom. The minimum atomic E-state index is 0.0653. The molecule has 2 heteroatoms. The van der Waals surface area contributed by atoms with Gasteiger partial charge in [-0.1, -0.05) is 13.0 Å². The second kappa shape index (κ2) is 5.18. The first kappa shape index (κ1) is 9.37. The molecule has 0 rings (SSSR count). The molecule has 58 valence electrons. The first-order valence-electron chi connectivity index (χ1n) is 3.42. The number of ether oxygens (including phenoxy) is 1. The highest BCUT2D eigenvalue weighted by Gasteiger charge is 1.96. The van der Waals surface area contributed by atoms with E-state index in [1.807, 2.05) is 6.92 Å². The Kier molecular flexibility index (Phi) is 4.85. The monoisotopic (exact) mass is 142 g/mol. The second-order valence-electron chi connectivity index (χ2n) is 2.15. The van der Waals surface area contributed by atoms with E-state index in [2.05, 4.69) is 0 Å². The zero-order valence-electron chi connectivity index (χ0n) is 6.76. The van der Waals surface area contributed by atoms with Gasteiger partial charge in [0.1, 0.15) is 0 Å². The van der Waals surface area contributed by atoms with Crippen LogP contribution in [-0.2, 0) is 9.53 Å². The molecule has 0 aliphatic rings. The lowest BCUT2D eigenvalue weighted by atomic mass is 10.2. The molecule has 1 unspecified atom stereocenters. The van der Waals surface area contributed by atoms with Gasteiger partial charge in [0.15, 0.2) is 5.78 Å². The summed E-state index contributed by atoms with van der Waals surface area (Å²) in [7, 11) is 1.64. The Morgan fingerprint density at radius 3 is 2.60 bits per heavy atom. The summed E-state index contributed by atoms with van der Waals surface area (Å²) in [5.41, 5.74) is 0. The number of ketones is 1. The van der Waals surface area contributed by atoms with Crippen LogP contribution >= 0.6 is 0 Å². The van der Waals surface area contributed by atoms with Gasteiger partial charge in [-0.25, -0.2) is 0 Å². The van der Waals surface area contributed by atoms with Crippen molar-refractivity contribution in [3.63, 3.8) is 0 Å². The summed E-state index contributed by atoms with van der Waals surface area (Å²) in [6.45, 7) is 3.54. The largest absolute Gasteiger partial charge is 0.377 e. The van der Waals surface area contributed by atoms with E-state index in [1.54, 1.807) is 13.2 Å². The van der Waals surface area contributed by atoms with Crippen LogP contribution in [0.1, 0.15) is 20.3 Å². The molecule has 0 aliphatic heterocycles. The molecule has 0 aromatic rings. The molecule has 0 fully saturated rings. The zero-order valence-corrected chi connectivity index (χ0v) is 6.76. The first-order chi connectivity index (χ1) is 4.70. The molecule has 0 heterocycles. The molecule has 0 N–H and O–H groups in total. The van der Waals surface area contributed by atoms with Crippen LogP contribution in [0.15, 0.2) is 12.2 Å². The smallest absolute Gasteiger partial charge is 0.152 e. The van der Waals surface area contributed by atoms with Crippen molar-refractivity contribution in [1.29, 1.82) is 0 Å². The van der Waals surface area contributed by atoms with E-state index in [-0.39, 0.29) is 11.9 Å². The van der Waals surface area contributed by atoms with Gasteiger partial charge in [-0.2, -0.15) is 0 Å². The highest BCUT2D eigenvalue weighted by Crippen LogP contribution is 1.96. The molecule has 0 spiro atoms. The van der Waals surface area contributed by atoms with E-state index in [0.717, 1.165) is 6.42 Å². The molecule has 0 amide bonds. The predicted octanol–water partition coefficient (Wildman–Crippen LogP) is 1.56. The number of carbonyl (C=O) groups excluding carboxylic acids is 1. The van der Waals surface area contributed by atoms with Gasteiger partial charge in [-0.15, -0.1) is 0 Å². The summed E-state index contributed by atoms with van der Waals surface area (Å²) in [6.07, 6.45) is 4.31. The minimum absolute atomic E-state index is 0.0653. The minimum Gasteiger partial charge on any atom is -0.377 e. The molecule has 0 aliphatic carbocycles. The van der Waals surface area contributed by atoms with E-state index < -0.39 is 0 Å². The molecule has 10 heavy (non-hydrogen) atoms. The number of carbonyl (C=O) groups is 1. The standard InChI is InChI=1S/C8H14O2/c1-4-8(10-3)6-5-7(2)9/h5-6,8H,4H2,1-3H3. The van der Waals surface area contributed by atoms with Crippen LogP contribution in [0.5, 0.6) is 0 Å². The molecule has 1 atom stereocenters. The quantitative estimate of drug-likeness (QED) is 0.557. The van der Waals surface area contributed by atoms with Gasteiger partial charge in [-0.3, -0.25) is 4.79 Å². The van der Waals surface area contributed by atoms with Gasteiger partial charge >= 0.3 is 0 Å². The normalized spacial score (nSPS) is 13.9. The van der Waals surface area contributed by atoms with Gasteiger partial charge in [0.25, 0.3) is 0 Å². The molecule has 0 aromatic heterocycles. The van der Waals surface area contributed by atoms with E-state index >= 15 is 0 Å². The molecule has 0 saturated carbocycles. The molecule has 0 radical (unpaired) electrons. The summed E-state index contributed by atoms with van der Waals surface area (Å²) in [4.78, 5) is 10.4. The van der Waals surface area contributed by atoms with Crippen molar-refractivity contribution in [3.8, 4) is 0 Å². The molecular weight excluding hydrogens is 128 g/mol. The predicted molar refractivity (Wildman–Crippen MR) is 40.9 cm³/mol. The fourth-order valence-corrected chi connectivity index (χ4v) is 0.624. The van der Waals surface area contributed by atoms with Crippen molar-refractivity contribution in [2.75, 3.05) is 7.11 Å². The lowest BCUT2D eigenvalue weighted by Crippen LogP contribution is -2.04. The third-order valence-corrected chi connectivity index (χ3v) is 1.25. The highest BCUT2D eigenvalue weighted by molar-refractivity contribution is 5.87. The number of allylic oxidation sites excluding steroid dienone is 1. The lowest BCUT2D eigenvalue weighted by Gasteiger charge is -2.04. The maximum absolute atomic E-state index is 10.4. The van der Waals surface area contributed by atoms with Crippen LogP contribution in [0.3, 0.4) is 0 Å². The Labute approximate surface area is 61.9 Å². The van der Waals surface area contributed by atoms with E-state index in [9.17, 15) is 4.79 Å². The van der Waals surface area contributed by atoms with Crippen LogP contribution in [0, 0.1) is 0 Å². The summed E-state index contributed by atoms with van der Waals surface area (Å²) >= 11 is 0. The van der Waals surface area contributed by atoms with E-state index in [0.29, 0.717) is 0 Å². The summed E-state index contributed by atoms with van der Waals surface area (Å²) in [5.74, 6) is 0.0653. The van der Waals surface area contributed by atoms with Crippen molar-refractivity contribution >= 4 is 5.78 Å². The molecule has 0 bridgehead atoms. The molecule has 2 nitrogen and oxygen atoms in total. The lowest BCUT2D eigenvalue weighted by molar-refractivity contribution is -0.112. The second-order valence-corrected chi connectivity index (χ2v) is 2.15. The van der Waals surface area contributed by atoms with Gasteiger partial charge in [-0.05, 0) is 19.4 Å². The van der Waals surface area contributed by atoms with Crippen LogP contribution in [0.4, 0.5) is 0 Å². The highest BCUT2D eigenvalue weighted by atomic mass is 16.5. The molecule has 0 saturated heterocycles. The van der Waals surface area contributed by atoms with Crippen molar-refractivity contribution in [3.05, 3.63) is 12.2 Å². The topological polar surface area (TPSA) is 26.3 Å². The van der Waals surface area contributed by atoms with Crippen molar-refractivity contribution < 1.29 is 9.53 Å². The zero-order chi connectivity index (χ0) is 7.98. The van der Waals surface area contributed by atoms with Crippen LogP contribution in [0.25, 0.3) is 0 Å². The van der Waals surface area contributed by atoms with Gasteiger partial charge in [0.05, 0.1) is 6.10 Å². The summed E-state index contributed by atoms with van der Waals surface area (Å²) < 4.78 is 5.01. The van der Waals surface area contributed by atoms with Crippen LogP contribution in [-0.4, -0.2) is 19.0 Å². The Hall–Kier alpha value is -0.630. The Morgan fingerprint density at radius 2 is 2.30 bits per heavy atom. The van der Waals surface area contributed by atoms with Gasteiger partial charge in [0, 0.05) is 7.11 Å². The van der Waals surface area contributed by atoms with Crippen LogP contribution < -0.4 is 0 Å². The number of hydrogen-bond acceptors (Lipinski definition) is 2. The SMILES string of the molecule is CCC(C=CC(C)=O)OC. The van der Waals surface area contributed by atoms with E-state index in [1.165, 1.54) is 13.0 Å². The maximum atomic E-state index is 10.4. The fourth-order valence-electron chi connectivity index (χ4n) is 0.624. The summed E-state index contributed by atoms with van der Waals surface area (Å²) in [6, 6.07) is 0. The molecule has 0 aromatic carbocycles. The molecular formula is C8H14O2. The first-order valence-corrected chi connectivity index (χ1v) is 3.42. The number of methoxy groups -OCH3 is 1. The maximum Gasteiger partial charge on any atom is 0.152 e. The number of rotatable bonds is 4. The average molecular weight is 142 g/mol. The number of hydrogen-bond donors (Lipinski definition) is 0. The summed E-state index contributed by atoms with van der Waals surface area (Å²) in [5, 5.41) is 0. The van der Waals surface area contributed by atoms with Crippen molar-refractivity contribution in [2.45, 2.75) is 26.4 Å². The third-order valence-electron chi connectivity index (χ3n) is 1.25. The Balaban J connectivity index is 3.72. The van der Waals surface area contributed by atoms with Crippen molar-refractivity contribution in [1.82, 2.24) is 0 Å². The van der Waals surface area contributed by atoms with Crippen molar-refractivity contribution in [2.24, 2.45) is 0 Å².